The van der Waals surface area contributed by atoms with Crippen molar-refractivity contribution in [3.63, 3.8) is 0 Å². The lowest BCUT2D eigenvalue weighted by molar-refractivity contribution is 0.313. The Bertz CT molecular complexity index is 606. The Morgan fingerprint density at radius 2 is 0.864 bits per heavy atom. The Balaban J connectivity index is 5.36. The third-order valence-corrected chi connectivity index (χ3v) is 4.92. The molecule has 22 heavy (non-hydrogen) atoms. The highest BCUT2D eigenvalue weighted by Gasteiger charge is 2.38. The zero-order chi connectivity index (χ0) is 17.4. The third-order valence-electron chi connectivity index (χ3n) is 1.64. The van der Waals surface area contributed by atoms with Crippen molar-refractivity contribution in [3.05, 3.63) is 38.0 Å². The van der Waals surface area contributed by atoms with Crippen LogP contribution in [0.4, 0.5) is 0 Å². The van der Waals surface area contributed by atoms with Crippen LogP contribution >= 0.6 is 0 Å². The summed E-state index contributed by atoms with van der Waals surface area (Å²) >= 11 is 0. The number of hydrogen-bond acceptors (Lipinski definition) is 9. The van der Waals surface area contributed by atoms with E-state index in [9.17, 15) is 25.3 Å². The molecule has 0 aromatic rings. The normalized spacial score (nSPS) is 12.5. The fraction of sp³-hybridized carbons (Fsp3) is 0.333. The Labute approximate surface area is 130 Å². The summed E-state index contributed by atoms with van der Waals surface area (Å²) in [6.07, 6.45) is 2.84. The molecule has 0 N–H and O–H groups in total. The summed E-state index contributed by atoms with van der Waals surface area (Å²) in [5.74, 6) is -2.13. The van der Waals surface area contributed by atoms with Gasteiger partial charge in [0.1, 0.15) is 0 Å². The van der Waals surface area contributed by atoms with Crippen LogP contribution in [0.15, 0.2) is 38.0 Å². The summed E-state index contributed by atoms with van der Waals surface area (Å²) in [7, 11) is -15.6. The van der Waals surface area contributed by atoms with E-state index in [2.05, 4.69) is 32.0 Å². The van der Waals surface area contributed by atoms with Gasteiger partial charge in [-0.2, -0.15) is 0 Å². The summed E-state index contributed by atoms with van der Waals surface area (Å²) in [4.78, 5) is 0. The Hall–Kier alpha value is -0.985. The summed E-state index contributed by atoms with van der Waals surface area (Å²) < 4.78 is 81.5. The van der Waals surface area contributed by atoms with Gasteiger partial charge in [-0.05, 0) is 0 Å². The lowest BCUT2D eigenvalue weighted by Crippen LogP contribution is -2.36. The molecular weight excluding hydrogens is 359 g/mol. The van der Waals surface area contributed by atoms with Crippen LogP contribution in [-0.2, 0) is 42.7 Å². The van der Waals surface area contributed by atoms with E-state index < -0.39 is 54.9 Å². The molecule has 0 saturated carbocycles. The van der Waals surface area contributed by atoms with Crippen molar-refractivity contribution in [1.29, 1.82) is 0 Å². The van der Waals surface area contributed by atoms with Gasteiger partial charge in [-0.25, -0.2) is 25.3 Å². The van der Waals surface area contributed by atoms with Crippen LogP contribution in [-0.4, -0.2) is 49.8 Å². The van der Waals surface area contributed by atoms with Crippen molar-refractivity contribution in [2.75, 3.05) is 17.3 Å². The molecule has 0 atom stereocenters. The van der Waals surface area contributed by atoms with Crippen LogP contribution in [0.2, 0.25) is 0 Å². The molecule has 0 rings (SSSR count). The van der Waals surface area contributed by atoms with Crippen LogP contribution in [0.5, 0.6) is 0 Å². The van der Waals surface area contributed by atoms with Crippen molar-refractivity contribution in [1.82, 2.24) is 0 Å². The SMILES string of the molecule is C=CCS(=O)(=O)OB(OS(=O)(=O)CC=C)OS(=O)(=O)CC=C. The highest BCUT2D eigenvalue weighted by atomic mass is 32.2. The molecule has 0 unspecified atom stereocenters. The first-order valence-corrected chi connectivity index (χ1v) is 10.3. The van der Waals surface area contributed by atoms with Gasteiger partial charge in [0.05, 0.1) is 17.3 Å². The Morgan fingerprint density at radius 3 is 1.05 bits per heavy atom. The minimum Gasteiger partial charge on any atom is -0.270 e. The van der Waals surface area contributed by atoms with E-state index in [0.29, 0.717) is 0 Å². The predicted molar refractivity (Wildman–Crippen MR) is 81.0 cm³/mol. The van der Waals surface area contributed by atoms with Crippen LogP contribution in [0.1, 0.15) is 0 Å². The molecule has 0 spiro atoms. The van der Waals surface area contributed by atoms with E-state index in [1.165, 1.54) is 0 Å². The second-order valence-corrected chi connectivity index (χ2v) is 8.54. The van der Waals surface area contributed by atoms with E-state index in [0.717, 1.165) is 18.2 Å². The molecule has 0 bridgehead atoms. The first-order valence-electron chi connectivity index (χ1n) is 5.52. The highest BCUT2D eigenvalue weighted by molar-refractivity contribution is 7.90. The van der Waals surface area contributed by atoms with Gasteiger partial charge < -0.3 is 0 Å². The third kappa shape index (κ3) is 9.12. The maximum Gasteiger partial charge on any atom is 0.684 e. The molecule has 0 aromatic carbocycles. The minimum absolute atomic E-state index is 0.709. The second kappa shape index (κ2) is 8.60. The molecule has 0 fully saturated rings. The quantitative estimate of drug-likeness (QED) is 0.330. The van der Waals surface area contributed by atoms with Crippen molar-refractivity contribution >= 4 is 37.7 Å². The van der Waals surface area contributed by atoms with Crippen LogP contribution < -0.4 is 0 Å². The molecule has 0 aromatic heterocycles. The van der Waals surface area contributed by atoms with Crippen LogP contribution in [0.25, 0.3) is 0 Å². The molecule has 126 valence electrons. The lowest BCUT2D eigenvalue weighted by atomic mass is 10.3. The summed E-state index contributed by atoms with van der Waals surface area (Å²) in [6, 6.07) is 0. The van der Waals surface area contributed by atoms with Gasteiger partial charge in [-0.3, -0.25) is 12.3 Å². The fourth-order valence-corrected chi connectivity index (χ4v) is 3.16. The van der Waals surface area contributed by atoms with Gasteiger partial charge in [0.25, 0.3) is 30.4 Å². The van der Waals surface area contributed by atoms with Crippen molar-refractivity contribution in [2.24, 2.45) is 0 Å². The molecular formula is C9H15BO9S3. The largest absolute Gasteiger partial charge is 0.684 e. The van der Waals surface area contributed by atoms with Crippen molar-refractivity contribution in [2.45, 2.75) is 0 Å². The van der Waals surface area contributed by atoms with E-state index in [1.54, 1.807) is 0 Å². The standard InChI is InChI=1S/C9H15BO9S3/c1-4-7-20(11,12)17-10(18-21(13,14)8-5-2)19-22(15,16)9-6-3/h4-6H,1-3,7-9H2. The molecule has 0 saturated heterocycles. The Kier molecular flexibility index (Phi) is 8.21. The van der Waals surface area contributed by atoms with E-state index in [-0.39, 0.29) is 0 Å². The first-order chi connectivity index (χ1) is 9.97. The van der Waals surface area contributed by atoms with Crippen molar-refractivity contribution < 1.29 is 37.6 Å². The van der Waals surface area contributed by atoms with Gasteiger partial charge in [0.2, 0.25) is 0 Å². The Morgan fingerprint density at radius 1 is 0.636 bits per heavy atom. The maximum absolute atomic E-state index is 11.4. The predicted octanol–water partition coefficient (Wildman–Crippen LogP) is -0.431. The summed E-state index contributed by atoms with van der Waals surface area (Å²) in [5, 5.41) is 0. The van der Waals surface area contributed by atoms with Crippen molar-refractivity contribution in [3.8, 4) is 0 Å². The average Bonchev–Trinajstić information content (AvgIpc) is 2.25. The lowest BCUT2D eigenvalue weighted by Gasteiger charge is -2.12. The molecule has 9 nitrogen and oxygen atoms in total. The molecule has 0 heterocycles. The number of hydrogen-bond donors (Lipinski definition) is 0. The van der Waals surface area contributed by atoms with Gasteiger partial charge in [0, 0.05) is 0 Å². The smallest absolute Gasteiger partial charge is 0.270 e. The molecule has 0 aliphatic rings. The van der Waals surface area contributed by atoms with E-state index >= 15 is 0 Å². The highest BCUT2D eigenvalue weighted by Crippen LogP contribution is 2.09. The molecule has 0 radical (unpaired) electrons. The molecule has 0 aliphatic heterocycles. The summed E-state index contributed by atoms with van der Waals surface area (Å²) in [6.45, 7) is 9.47. The molecule has 0 aliphatic carbocycles. The van der Waals surface area contributed by atoms with E-state index in [1.807, 2.05) is 0 Å². The average molecular weight is 374 g/mol. The zero-order valence-corrected chi connectivity index (χ0v) is 13.9. The molecule has 0 amide bonds. The number of rotatable bonds is 12. The van der Waals surface area contributed by atoms with Crippen LogP contribution in [0.3, 0.4) is 0 Å². The second-order valence-electron chi connectivity index (χ2n) is 3.62. The van der Waals surface area contributed by atoms with E-state index in [4.69, 9.17) is 0 Å². The van der Waals surface area contributed by atoms with Gasteiger partial charge in [0.15, 0.2) is 0 Å². The van der Waals surface area contributed by atoms with Gasteiger partial charge in [-0.15, -0.1) is 19.7 Å². The summed E-state index contributed by atoms with van der Waals surface area (Å²) in [5.41, 5.74) is 0. The van der Waals surface area contributed by atoms with Crippen LogP contribution in [0, 0.1) is 0 Å². The first kappa shape index (κ1) is 21.0. The van der Waals surface area contributed by atoms with Gasteiger partial charge in [-0.1, -0.05) is 18.2 Å². The van der Waals surface area contributed by atoms with Gasteiger partial charge >= 0.3 is 7.32 Å². The topological polar surface area (TPSA) is 130 Å². The maximum atomic E-state index is 11.4. The monoisotopic (exact) mass is 374 g/mol. The molecule has 13 heteroatoms. The fourth-order valence-electron chi connectivity index (χ4n) is 0.958. The minimum atomic E-state index is -4.35. The zero-order valence-electron chi connectivity index (χ0n) is 11.5.